The van der Waals surface area contributed by atoms with Crippen LogP contribution in [0, 0.1) is 0 Å². The van der Waals surface area contributed by atoms with E-state index in [0.29, 0.717) is 41.4 Å². The van der Waals surface area contributed by atoms with Crippen molar-refractivity contribution in [2.75, 3.05) is 18.1 Å². The molecule has 0 aliphatic carbocycles. The van der Waals surface area contributed by atoms with Crippen LogP contribution in [0.3, 0.4) is 0 Å². The summed E-state index contributed by atoms with van der Waals surface area (Å²) >= 11 is 1.63. The molecule has 0 bridgehead atoms. The number of carbonyl (C=O) groups is 1. The average molecular weight is 523 g/mol. The molecule has 0 saturated carbocycles. The van der Waals surface area contributed by atoms with Crippen molar-refractivity contribution < 1.29 is 13.2 Å². The summed E-state index contributed by atoms with van der Waals surface area (Å²) in [6.07, 6.45) is 1.53. The van der Waals surface area contributed by atoms with Gasteiger partial charge in [0, 0.05) is 34.7 Å². The summed E-state index contributed by atoms with van der Waals surface area (Å²) in [7, 11) is -3.36. The third kappa shape index (κ3) is 4.54. The molecular weight excluding hydrogens is 496 g/mol. The first-order valence-corrected chi connectivity index (χ1v) is 14.4. The van der Waals surface area contributed by atoms with Crippen molar-refractivity contribution in [3.05, 3.63) is 81.1 Å². The van der Waals surface area contributed by atoms with Crippen molar-refractivity contribution in [1.29, 1.82) is 0 Å². The number of sulfone groups is 1. The van der Waals surface area contributed by atoms with Gasteiger partial charge in [-0.15, -0.1) is 11.3 Å². The van der Waals surface area contributed by atoms with E-state index in [1.165, 1.54) is 16.7 Å². The molecule has 1 aliphatic heterocycles. The minimum absolute atomic E-state index is 0.00448. The third-order valence-electron chi connectivity index (χ3n) is 6.16. The molecule has 5 rings (SSSR count). The van der Waals surface area contributed by atoms with E-state index >= 15 is 0 Å². The van der Waals surface area contributed by atoms with Gasteiger partial charge in [0.25, 0.3) is 11.5 Å². The van der Waals surface area contributed by atoms with Crippen molar-refractivity contribution in [1.82, 2.24) is 14.5 Å². The highest BCUT2D eigenvalue weighted by Gasteiger charge is 2.27. The highest BCUT2D eigenvalue weighted by molar-refractivity contribution is 7.90. The van der Waals surface area contributed by atoms with Gasteiger partial charge in [0.05, 0.1) is 22.8 Å². The van der Waals surface area contributed by atoms with E-state index in [1.54, 1.807) is 28.4 Å². The average Bonchev–Trinajstić information content (AvgIpc) is 3.30. The number of carbonyl (C=O) groups excluding carboxylic acids is 1. The molecule has 4 aromatic rings. The maximum absolute atomic E-state index is 13.6. The summed E-state index contributed by atoms with van der Waals surface area (Å²) in [6, 6.07) is 13.9. The summed E-state index contributed by atoms with van der Waals surface area (Å²) in [5, 5.41) is 6.27. The van der Waals surface area contributed by atoms with Crippen LogP contribution in [-0.4, -0.2) is 47.6 Å². The van der Waals surface area contributed by atoms with E-state index in [9.17, 15) is 18.0 Å². The summed E-state index contributed by atoms with van der Waals surface area (Å²) < 4.78 is 26.3. The first kappa shape index (κ1) is 24.2. The number of hydrogen-bond acceptors (Lipinski definition) is 7. The molecule has 1 amide bonds. The zero-order chi connectivity index (χ0) is 25.6. The molecule has 2 aromatic carbocycles. The Bertz CT molecular complexity index is 1640. The number of hydrogen-bond donors (Lipinski definition) is 1. The Morgan fingerprint density at radius 1 is 1.11 bits per heavy atom. The Balaban J connectivity index is 1.52. The molecule has 3 heterocycles. The molecule has 0 atom stereocenters. The van der Waals surface area contributed by atoms with Gasteiger partial charge in [-0.25, -0.2) is 18.0 Å². The fraction of sp³-hybridized carbons (Fsp3) is 0.269. The van der Waals surface area contributed by atoms with E-state index in [0.717, 1.165) is 16.3 Å². The van der Waals surface area contributed by atoms with E-state index in [4.69, 9.17) is 4.98 Å². The monoisotopic (exact) mass is 522 g/mol. The number of nitrogens with zero attached hydrogens (tertiary/aromatic N) is 3. The molecule has 0 spiro atoms. The topological polar surface area (TPSA) is 101 Å². The summed E-state index contributed by atoms with van der Waals surface area (Å²) in [4.78, 5) is 33.6. The van der Waals surface area contributed by atoms with E-state index in [1.807, 2.05) is 43.5 Å². The van der Waals surface area contributed by atoms with Crippen molar-refractivity contribution >= 4 is 43.1 Å². The third-order valence-corrected chi connectivity index (χ3v) is 8.19. The lowest BCUT2D eigenvalue weighted by Crippen LogP contribution is -2.41. The van der Waals surface area contributed by atoms with Gasteiger partial charge in [-0.2, -0.15) is 0 Å². The Morgan fingerprint density at radius 3 is 2.56 bits per heavy atom. The molecule has 8 nitrogen and oxygen atoms in total. The predicted octanol–water partition coefficient (Wildman–Crippen LogP) is 3.87. The second-order valence-electron chi connectivity index (χ2n) is 9.22. The van der Waals surface area contributed by atoms with Gasteiger partial charge < -0.3 is 10.2 Å². The second kappa shape index (κ2) is 9.18. The van der Waals surface area contributed by atoms with Gasteiger partial charge in [-0.3, -0.25) is 9.59 Å². The predicted molar refractivity (Wildman–Crippen MR) is 142 cm³/mol. The molecule has 0 fully saturated rings. The van der Waals surface area contributed by atoms with E-state index in [2.05, 4.69) is 5.32 Å². The Kier molecular flexibility index (Phi) is 6.17. The number of nitrogens with one attached hydrogen (secondary N) is 1. The molecule has 0 saturated heterocycles. The number of fused-ring (bicyclic) bond motifs is 2. The number of benzene rings is 2. The SMILES string of the molecule is CC(C)Nc1nc2c(c(=O)n1-c1ccc(S(C)(=O)=O)cc1)CCN(C(=O)c1ccc3sccc3c1)C2. The van der Waals surface area contributed by atoms with Crippen molar-refractivity contribution in [2.24, 2.45) is 0 Å². The van der Waals surface area contributed by atoms with Crippen LogP contribution >= 0.6 is 11.3 Å². The molecule has 36 heavy (non-hydrogen) atoms. The molecule has 0 unspecified atom stereocenters. The lowest BCUT2D eigenvalue weighted by Gasteiger charge is -2.29. The highest BCUT2D eigenvalue weighted by Crippen LogP contribution is 2.25. The molecule has 186 valence electrons. The maximum atomic E-state index is 13.6. The lowest BCUT2D eigenvalue weighted by atomic mass is 10.0. The molecule has 10 heteroatoms. The Labute approximate surface area is 213 Å². The zero-order valence-corrected chi connectivity index (χ0v) is 21.8. The van der Waals surface area contributed by atoms with Gasteiger partial charge in [0.1, 0.15) is 0 Å². The standard InChI is InChI=1S/C26H26N4O4S2/c1-16(2)27-26-28-22-15-29(24(31)18-4-9-23-17(14-18)11-13-35-23)12-10-21(22)25(32)30(26)19-5-7-20(8-6-19)36(3,33)34/h4-9,11,13-14,16H,10,12,15H2,1-3H3,(H,27,28). The van der Waals surface area contributed by atoms with Gasteiger partial charge >= 0.3 is 0 Å². The van der Waals surface area contributed by atoms with Crippen LogP contribution < -0.4 is 10.9 Å². The summed E-state index contributed by atoms with van der Waals surface area (Å²) in [6.45, 7) is 4.54. The van der Waals surface area contributed by atoms with Crippen LogP contribution in [0.25, 0.3) is 15.8 Å². The van der Waals surface area contributed by atoms with Crippen LogP contribution in [0.15, 0.2) is 63.6 Å². The van der Waals surface area contributed by atoms with Crippen molar-refractivity contribution in [3.63, 3.8) is 0 Å². The van der Waals surface area contributed by atoms with Gasteiger partial charge in [0.15, 0.2) is 9.84 Å². The number of aromatic nitrogens is 2. The normalized spacial score (nSPS) is 13.7. The summed E-state index contributed by atoms with van der Waals surface area (Å²) in [5.74, 6) is 0.268. The molecule has 1 N–H and O–H groups in total. The fourth-order valence-corrected chi connectivity index (χ4v) is 5.78. The molecular formula is C26H26N4O4S2. The van der Waals surface area contributed by atoms with Crippen molar-refractivity contribution in [3.8, 4) is 5.69 Å². The van der Waals surface area contributed by atoms with Crippen LogP contribution in [0.2, 0.25) is 0 Å². The van der Waals surface area contributed by atoms with Crippen molar-refractivity contribution in [2.45, 2.75) is 37.8 Å². The number of rotatable bonds is 5. The van der Waals surface area contributed by atoms with Gasteiger partial charge in [-0.1, -0.05) is 0 Å². The minimum Gasteiger partial charge on any atom is -0.353 e. The molecule has 0 radical (unpaired) electrons. The fourth-order valence-electron chi connectivity index (χ4n) is 4.38. The largest absolute Gasteiger partial charge is 0.353 e. The molecule has 1 aliphatic rings. The van der Waals surface area contributed by atoms with Crippen LogP contribution in [0.4, 0.5) is 5.95 Å². The van der Waals surface area contributed by atoms with E-state index in [-0.39, 0.29) is 28.9 Å². The van der Waals surface area contributed by atoms with Crippen LogP contribution in [0.5, 0.6) is 0 Å². The molecule has 2 aromatic heterocycles. The first-order chi connectivity index (χ1) is 17.1. The van der Waals surface area contributed by atoms with Crippen LogP contribution in [-0.2, 0) is 22.8 Å². The lowest BCUT2D eigenvalue weighted by molar-refractivity contribution is 0.0731. The maximum Gasteiger partial charge on any atom is 0.263 e. The number of anilines is 1. The summed E-state index contributed by atoms with van der Waals surface area (Å²) in [5.41, 5.74) is 2.05. The minimum atomic E-state index is -3.36. The van der Waals surface area contributed by atoms with Crippen LogP contribution in [0.1, 0.15) is 35.5 Å². The first-order valence-electron chi connectivity index (χ1n) is 11.6. The Hall–Kier alpha value is -3.50. The van der Waals surface area contributed by atoms with E-state index < -0.39 is 9.84 Å². The number of thiophene rings is 1. The second-order valence-corrected chi connectivity index (χ2v) is 12.2. The quantitative estimate of drug-likeness (QED) is 0.427. The highest BCUT2D eigenvalue weighted by atomic mass is 32.2. The van der Waals surface area contributed by atoms with Gasteiger partial charge in [0.2, 0.25) is 5.95 Å². The Morgan fingerprint density at radius 2 is 1.86 bits per heavy atom. The zero-order valence-electron chi connectivity index (χ0n) is 20.2. The van der Waals surface area contributed by atoms with Gasteiger partial charge in [-0.05, 0) is 79.6 Å². The number of amides is 1. The smallest absolute Gasteiger partial charge is 0.263 e.